The third-order valence-electron chi connectivity index (χ3n) is 2.44. The Bertz CT molecular complexity index is 540. The second-order valence-corrected chi connectivity index (χ2v) is 5.71. The van der Waals surface area contributed by atoms with Gasteiger partial charge in [-0.1, -0.05) is 0 Å². The topological polar surface area (TPSA) is 113 Å². The van der Waals surface area contributed by atoms with Crippen LogP contribution in [0.3, 0.4) is 0 Å². The summed E-state index contributed by atoms with van der Waals surface area (Å²) in [7, 11) is -3.72. The summed E-state index contributed by atoms with van der Waals surface area (Å²) >= 11 is 0. The molecule has 0 aliphatic carbocycles. The van der Waals surface area contributed by atoms with Gasteiger partial charge in [0.2, 0.25) is 10.0 Å². The van der Waals surface area contributed by atoms with Gasteiger partial charge in [0.05, 0.1) is 11.5 Å². The highest BCUT2D eigenvalue weighted by molar-refractivity contribution is 7.89. The standard InChI is InChI=1S/C12H17NO6S/c1-2-19-9-3-5-10(6-4-9)20(17,18)13-8-7-11(14)12(15)16/h3-6,11,13-14H,2,7-8H2,1H3,(H,15,16)/t11-/m0/s1. The number of benzene rings is 1. The number of aliphatic hydroxyl groups excluding tert-OH is 1. The van der Waals surface area contributed by atoms with Crippen LogP contribution in [0.5, 0.6) is 5.75 Å². The molecule has 0 amide bonds. The minimum absolute atomic E-state index is 0.0470. The Morgan fingerprint density at radius 3 is 2.45 bits per heavy atom. The number of carboxylic acids is 1. The zero-order valence-corrected chi connectivity index (χ0v) is 11.8. The Morgan fingerprint density at radius 1 is 1.35 bits per heavy atom. The van der Waals surface area contributed by atoms with E-state index in [0.29, 0.717) is 12.4 Å². The average Bonchev–Trinajstić information content (AvgIpc) is 2.39. The molecule has 0 unspecified atom stereocenters. The van der Waals surface area contributed by atoms with Gasteiger partial charge in [0, 0.05) is 6.54 Å². The van der Waals surface area contributed by atoms with E-state index in [4.69, 9.17) is 14.9 Å². The van der Waals surface area contributed by atoms with Gasteiger partial charge in [0.15, 0.2) is 6.10 Å². The molecule has 1 aromatic carbocycles. The Kier molecular flexibility index (Phi) is 5.93. The van der Waals surface area contributed by atoms with Crippen LogP contribution in [0.25, 0.3) is 0 Å². The number of carboxylic acid groups (broad SMARTS) is 1. The van der Waals surface area contributed by atoms with Crippen molar-refractivity contribution in [3.8, 4) is 5.75 Å². The Balaban J connectivity index is 2.62. The zero-order valence-electron chi connectivity index (χ0n) is 10.9. The monoisotopic (exact) mass is 303 g/mol. The van der Waals surface area contributed by atoms with Crippen molar-refractivity contribution >= 4 is 16.0 Å². The van der Waals surface area contributed by atoms with E-state index in [2.05, 4.69) is 4.72 Å². The van der Waals surface area contributed by atoms with E-state index in [9.17, 15) is 13.2 Å². The molecule has 0 radical (unpaired) electrons. The lowest BCUT2D eigenvalue weighted by Crippen LogP contribution is -2.30. The molecule has 0 aliphatic heterocycles. The Hall–Kier alpha value is -1.64. The van der Waals surface area contributed by atoms with Crippen LogP contribution in [0.4, 0.5) is 0 Å². The van der Waals surface area contributed by atoms with Gasteiger partial charge in [0.25, 0.3) is 0 Å². The van der Waals surface area contributed by atoms with Crippen molar-refractivity contribution in [2.75, 3.05) is 13.2 Å². The van der Waals surface area contributed by atoms with E-state index in [1.54, 1.807) is 0 Å². The molecule has 0 aliphatic rings. The predicted molar refractivity (Wildman–Crippen MR) is 71.1 cm³/mol. The largest absolute Gasteiger partial charge is 0.494 e. The molecule has 20 heavy (non-hydrogen) atoms. The maximum atomic E-state index is 11.9. The molecule has 3 N–H and O–H groups in total. The Labute approximate surface area is 117 Å². The van der Waals surface area contributed by atoms with Crippen molar-refractivity contribution in [3.05, 3.63) is 24.3 Å². The first-order chi connectivity index (χ1) is 9.36. The molecule has 0 heterocycles. The summed E-state index contributed by atoms with van der Waals surface area (Å²) in [6, 6.07) is 5.84. The number of hydrogen-bond donors (Lipinski definition) is 3. The lowest BCUT2D eigenvalue weighted by Gasteiger charge is -2.09. The van der Waals surface area contributed by atoms with Crippen molar-refractivity contribution in [2.45, 2.75) is 24.3 Å². The quantitative estimate of drug-likeness (QED) is 0.632. The third kappa shape index (κ3) is 4.80. The number of ether oxygens (including phenoxy) is 1. The van der Waals surface area contributed by atoms with Crippen LogP contribution in [0.1, 0.15) is 13.3 Å². The van der Waals surface area contributed by atoms with E-state index in [0.717, 1.165) is 0 Å². The minimum Gasteiger partial charge on any atom is -0.494 e. The average molecular weight is 303 g/mol. The van der Waals surface area contributed by atoms with Gasteiger partial charge in [-0.2, -0.15) is 0 Å². The van der Waals surface area contributed by atoms with Crippen molar-refractivity contribution in [2.24, 2.45) is 0 Å². The Morgan fingerprint density at radius 2 is 1.95 bits per heavy atom. The molecule has 112 valence electrons. The van der Waals surface area contributed by atoms with Crippen LogP contribution in [0.15, 0.2) is 29.2 Å². The number of hydrogen-bond acceptors (Lipinski definition) is 5. The molecule has 0 bridgehead atoms. The maximum absolute atomic E-state index is 11.9. The van der Waals surface area contributed by atoms with Gasteiger partial charge < -0.3 is 14.9 Å². The fourth-order valence-electron chi connectivity index (χ4n) is 1.42. The molecular weight excluding hydrogens is 286 g/mol. The molecule has 0 saturated carbocycles. The summed E-state index contributed by atoms with van der Waals surface area (Å²) in [4.78, 5) is 10.4. The minimum atomic E-state index is -3.72. The van der Waals surface area contributed by atoms with E-state index in [1.165, 1.54) is 24.3 Å². The summed E-state index contributed by atoms with van der Waals surface area (Å²) < 4.78 is 31.2. The van der Waals surface area contributed by atoms with Crippen molar-refractivity contribution in [1.82, 2.24) is 4.72 Å². The fraction of sp³-hybridized carbons (Fsp3) is 0.417. The summed E-state index contributed by atoms with van der Waals surface area (Å²) in [5.41, 5.74) is 0. The van der Waals surface area contributed by atoms with Crippen molar-refractivity contribution in [1.29, 1.82) is 0 Å². The molecule has 8 heteroatoms. The summed E-state index contributed by atoms with van der Waals surface area (Å²) in [6.45, 7) is 2.14. The van der Waals surface area contributed by atoms with Gasteiger partial charge in [-0.3, -0.25) is 0 Å². The first-order valence-corrected chi connectivity index (χ1v) is 7.48. The summed E-state index contributed by atoms with van der Waals surface area (Å²) in [5, 5.41) is 17.5. The lowest BCUT2D eigenvalue weighted by molar-refractivity contribution is -0.146. The molecule has 1 aromatic rings. The maximum Gasteiger partial charge on any atom is 0.332 e. The number of rotatable bonds is 8. The van der Waals surface area contributed by atoms with Crippen LogP contribution in [0, 0.1) is 0 Å². The van der Waals surface area contributed by atoms with Gasteiger partial charge in [-0.25, -0.2) is 17.9 Å². The highest BCUT2D eigenvalue weighted by Gasteiger charge is 2.17. The molecule has 1 atom stereocenters. The second-order valence-electron chi connectivity index (χ2n) is 3.94. The van der Waals surface area contributed by atoms with Crippen LogP contribution in [0.2, 0.25) is 0 Å². The van der Waals surface area contributed by atoms with E-state index >= 15 is 0 Å². The van der Waals surface area contributed by atoms with E-state index in [1.807, 2.05) is 6.92 Å². The molecule has 7 nitrogen and oxygen atoms in total. The number of carbonyl (C=O) groups is 1. The molecule has 0 spiro atoms. The molecule has 0 saturated heterocycles. The summed E-state index contributed by atoms with van der Waals surface area (Å²) in [6.07, 6.45) is -1.79. The van der Waals surface area contributed by atoms with Gasteiger partial charge in [0.1, 0.15) is 5.75 Å². The van der Waals surface area contributed by atoms with Crippen LogP contribution >= 0.6 is 0 Å². The molecule has 1 rings (SSSR count). The SMILES string of the molecule is CCOc1ccc(S(=O)(=O)NCC[C@H](O)C(=O)O)cc1. The van der Waals surface area contributed by atoms with Gasteiger partial charge >= 0.3 is 5.97 Å². The van der Waals surface area contributed by atoms with Gasteiger partial charge in [-0.05, 0) is 37.6 Å². The summed E-state index contributed by atoms with van der Waals surface area (Å²) in [5.74, 6) is -0.821. The van der Waals surface area contributed by atoms with E-state index in [-0.39, 0.29) is 17.9 Å². The van der Waals surface area contributed by atoms with Crippen molar-refractivity contribution in [3.63, 3.8) is 0 Å². The predicted octanol–water partition coefficient (Wildman–Crippen LogP) is 0.199. The molecule has 0 fully saturated rings. The third-order valence-corrected chi connectivity index (χ3v) is 3.92. The van der Waals surface area contributed by atoms with E-state index < -0.39 is 22.1 Å². The van der Waals surface area contributed by atoms with Crippen molar-refractivity contribution < 1.29 is 28.2 Å². The van der Waals surface area contributed by atoms with Crippen LogP contribution in [-0.2, 0) is 14.8 Å². The number of sulfonamides is 1. The van der Waals surface area contributed by atoms with Crippen LogP contribution in [-0.4, -0.2) is 43.9 Å². The first kappa shape index (κ1) is 16.4. The highest BCUT2D eigenvalue weighted by Crippen LogP contribution is 2.15. The number of aliphatic carboxylic acids is 1. The van der Waals surface area contributed by atoms with Gasteiger partial charge in [-0.15, -0.1) is 0 Å². The number of aliphatic hydroxyl groups is 1. The zero-order chi connectivity index (χ0) is 15.2. The number of nitrogens with one attached hydrogen (secondary N) is 1. The lowest BCUT2D eigenvalue weighted by atomic mass is 10.3. The highest BCUT2D eigenvalue weighted by atomic mass is 32.2. The smallest absolute Gasteiger partial charge is 0.332 e. The fourth-order valence-corrected chi connectivity index (χ4v) is 2.47. The second kappa shape index (κ2) is 7.22. The first-order valence-electron chi connectivity index (χ1n) is 6.00. The normalized spacial score (nSPS) is 12.9. The molecule has 0 aromatic heterocycles. The molecular formula is C12H17NO6S. The van der Waals surface area contributed by atoms with Crippen LogP contribution < -0.4 is 9.46 Å².